The lowest BCUT2D eigenvalue weighted by atomic mass is 10.1. The standard InChI is InChI=1S/C36H52N2O7S4Si2/c1-33(2,3)50(7,8)44-35(25-19-20-25,23-48(39,40)31-37-27-15-11-13-17-29(27)46-31)43-36(26-21-22-26,45-51(9,10)34(4,5)6)24-49(41,42)32-38-28-16-12-14-18-30(28)47-32/h11-18,25-26H,19-24H2,1-10H3/t35-,36-/m1/s1. The molecule has 15 heteroatoms. The van der Waals surface area contributed by atoms with Crippen molar-refractivity contribution in [2.75, 3.05) is 11.5 Å². The van der Waals surface area contributed by atoms with Crippen LogP contribution in [-0.4, -0.2) is 66.5 Å². The van der Waals surface area contributed by atoms with Crippen molar-refractivity contribution in [3.8, 4) is 0 Å². The second-order valence-corrected chi connectivity index (χ2v) is 33.2. The monoisotopic (exact) mass is 808 g/mol. The van der Waals surface area contributed by atoms with E-state index in [0.717, 1.165) is 32.1 Å². The van der Waals surface area contributed by atoms with Crippen molar-refractivity contribution in [1.29, 1.82) is 0 Å². The van der Waals surface area contributed by atoms with E-state index in [1.165, 1.54) is 0 Å². The highest BCUT2D eigenvalue weighted by atomic mass is 32.2. The highest BCUT2D eigenvalue weighted by Gasteiger charge is 2.64. The number of rotatable bonds is 14. The SMILES string of the molecule is CC(C)(C)[Si](C)(C)O[C@@](CS(=O)(=O)c1nc2ccccc2s1)(O[C@](CS(=O)(=O)c1nc2ccccc2s1)(O[Si](C)(C)C(C)(C)C)C1CC1)C1CC1. The molecule has 0 aliphatic heterocycles. The summed E-state index contributed by atoms with van der Waals surface area (Å²) in [7, 11) is -13.7. The molecule has 2 fully saturated rings. The van der Waals surface area contributed by atoms with Crippen LogP contribution in [0.2, 0.25) is 36.3 Å². The number of aromatic nitrogens is 2. The fraction of sp³-hybridized carbons (Fsp3) is 0.611. The van der Waals surface area contributed by atoms with Crippen LogP contribution in [0.3, 0.4) is 0 Å². The van der Waals surface area contributed by atoms with Crippen molar-refractivity contribution in [2.24, 2.45) is 11.8 Å². The molecule has 0 amide bonds. The first kappa shape index (κ1) is 39.1. The summed E-state index contributed by atoms with van der Waals surface area (Å²) in [4.78, 5) is 9.11. The molecule has 6 rings (SSSR count). The fourth-order valence-electron chi connectivity index (χ4n) is 5.86. The van der Waals surface area contributed by atoms with E-state index in [1.54, 1.807) is 12.1 Å². The normalized spacial score (nSPS) is 19.3. The van der Waals surface area contributed by atoms with Crippen LogP contribution in [0.4, 0.5) is 0 Å². The van der Waals surface area contributed by atoms with Crippen LogP contribution in [-0.2, 0) is 33.3 Å². The second-order valence-electron chi connectivity index (χ2n) is 17.4. The van der Waals surface area contributed by atoms with Crippen LogP contribution in [0, 0.1) is 11.8 Å². The zero-order valence-electron chi connectivity index (χ0n) is 31.4. The van der Waals surface area contributed by atoms with Gasteiger partial charge < -0.3 is 13.6 Å². The van der Waals surface area contributed by atoms with Crippen molar-refractivity contribution in [3.63, 3.8) is 0 Å². The largest absolute Gasteiger partial charge is 0.389 e. The summed E-state index contributed by atoms with van der Waals surface area (Å²) < 4.78 is 82.2. The Morgan fingerprint density at radius 2 is 0.961 bits per heavy atom. The molecule has 2 aromatic heterocycles. The Morgan fingerprint density at radius 3 is 1.25 bits per heavy atom. The number of thiazole rings is 2. The Morgan fingerprint density at radius 1 is 0.627 bits per heavy atom. The van der Waals surface area contributed by atoms with E-state index in [9.17, 15) is 16.8 Å². The summed E-state index contributed by atoms with van der Waals surface area (Å²) in [5.41, 5.74) is 1.22. The average Bonchev–Trinajstić information content (AvgIpc) is 3.92. The number of para-hydroxylation sites is 2. The van der Waals surface area contributed by atoms with Crippen molar-refractivity contribution in [2.45, 2.75) is 124 Å². The summed E-state index contributed by atoms with van der Waals surface area (Å²) in [6, 6.07) is 14.7. The van der Waals surface area contributed by atoms with Gasteiger partial charge in [0, 0.05) is 11.8 Å². The number of fused-ring (bicyclic) bond motifs is 2. The van der Waals surface area contributed by atoms with Crippen LogP contribution in [0.5, 0.6) is 0 Å². The van der Waals surface area contributed by atoms with Gasteiger partial charge in [0.1, 0.15) is 11.5 Å². The molecule has 9 nitrogen and oxygen atoms in total. The van der Waals surface area contributed by atoms with Crippen LogP contribution in [0.1, 0.15) is 67.2 Å². The molecular formula is C36H52N2O7S4Si2. The van der Waals surface area contributed by atoms with Gasteiger partial charge in [0.2, 0.25) is 28.4 Å². The molecule has 2 aliphatic rings. The van der Waals surface area contributed by atoms with Gasteiger partial charge in [-0.05, 0) is 86.2 Å². The van der Waals surface area contributed by atoms with Crippen LogP contribution in [0.15, 0.2) is 57.2 Å². The minimum Gasteiger partial charge on any atom is -0.389 e. The Hall–Kier alpha value is -1.57. The Bertz CT molecular complexity index is 1930. The van der Waals surface area contributed by atoms with E-state index < -0.39 is 59.4 Å². The average molecular weight is 809 g/mol. The number of ether oxygens (including phenoxy) is 1. The van der Waals surface area contributed by atoms with Gasteiger partial charge in [0.25, 0.3) is 0 Å². The maximum absolute atomic E-state index is 14.7. The lowest BCUT2D eigenvalue weighted by Crippen LogP contribution is -2.63. The number of benzene rings is 2. The highest BCUT2D eigenvalue weighted by molar-refractivity contribution is 7.93. The van der Waals surface area contributed by atoms with Crippen LogP contribution in [0.25, 0.3) is 20.4 Å². The highest BCUT2D eigenvalue weighted by Crippen LogP contribution is 2.56. The first-order valence-electron chi connectivity index (χ1n) is 17.7. The zero-order valence-corrected chi connectivity index (χ0v) is 36.7. The third-order valence-electron chi connectivity index (χ3n) is 11.1. The van der Waals surface area contributed by atoms with E-state index in [-0.39, 0.29) is 30.6 Å². The molecule has 0 N–H and O–H groups in total. The van der Waals surface area contributed by atoms with Gasteiger partial charge in [0.05, 0.1) is 20.4 Å². The van der Waals surface area contributed by atoms with Crippen molar-refractivity contribution < 1.29 is 30.4 Å². The molecule has 0 radical (unpaired) electrons. The van der Waals surface area contributed by atoms with E-state index in [2.05, 4.69) is 77.7 Å². The quantitative estimate of drug-likeness (QED) is 0.0906. The number of sulfone groups is 2. The molecule has 2 aliphatic carbocycles. The van der Waals surface area contributed by atoms with Gasteiger partial charge in [-0.1, -0.05) is 65.8 Å². The molecule has 4 aromatic rings. The molecular weight excluding hydrogens is 757 g/mol. The Labute approximate surface area is 313 Å². The van der Waals surface area contributed by atoms with Gasteiger partial charge in [-0.3, -0.25) is 0 Å². The van der Waals surface area contributed by atoms with Gasteiger partial charge in [-0.2, -0.15) is 0 Å². The summed E-state index contributed by atoms with van der Waals surface area (Å²) in [6.07, 6.45) is 2.76. The van der Waals surface area contributed by atoms with Crippen molar-refractivity contribution >= 4 is 79.4 Å². The van der Waals surface area contributed by atoms with Gasteiger partial charge >= 0.3 is 0 Å². The fourth-order valence-corrected chi connectivity index (χ4v) is 14.8. The van der Waals surface area contributed by atoms with Gasteiger partial charge in [-0.15, -0.1) is 22.7 Å². The topological polar surface area (TPSA) is 122 Å². The summed E-state index contributed by atoms with van der Waals surface area (Å²) >= 11 is 2.27. The molecule has 2 heterocycles. The molecule has 0 saturated heterocycles. The Kier molecular flexibility index (Phi) is 10.0. The van der Waals surface area contributed by atoms with E-state index in [1.807, 2.05) is 36.4 Å². The summed E-state index contributed by atoms with van der Waals surface area (Å²) in [6.45, 7) is 21.0. The second kappa shape index (κ2) is 13.0. The first-order valence-corrected chi connectivity index (χ1v) is 28.4. The number of hydrogen-bond acceptors (Lipinski definition) is 11. The smallest absolute Gasteiger partial charge is 0.210 e. The molecule has 2 atom stereocenters. The third kappa shape index (κ3) is 7.97. The maximum Gasteiger partial charge on any atom is 0.210 e. The Balaban J connectivity index is 1.53. The lowest BCUT2D eigenvalue weighted by Gasteiger charge is -2.52. The molecule has 0 spiro atoms. The van der Waals surface area contributed by atoms with Gasteiger partial charge in [-0.25, -0.2) is 26.8 Å². The number of nitrogens with zero attached hydrogens (tertiary/aromatic N) is 2. The minimum absolute atomic E-state index is 0.000547. The molecule has 0 unspecified atom stereocenters. The van der Waals surface area contributed by atoms with E-state index in [0.29, 0.717) is 36.7 Å². The molecule has 0 bridgehead atoms. The van der Waals surface area contributed by atoms with E-state index >= 15 is 0 Å². The predicted molar refractivity (Wildman–Crippen MR) is 212 cm³/mol. The van der Waals surface area contributed by atoms with E-state index in [4.69, 9.17) is 13.6 Å². The van der Waals surface area contributed by atoms with Crippen molar-refractivity contribution in [1.82, 2.24) is 9.97 Å². The number of hydrogen-bond donors (Lipinski definition) is 0. The third-order valence-corrected chi connectivity index (χ3v) is 26.5. The molecule has 2 saturated carbocycles. The van der Waals surface area contributed by atoms with Crippen LogP contribution < -0.4 is 0 Å². The summed E-state index contributed by atoms with van der Waals surface area (Å²) in [5.74, 6) is -4.88. The lowest BCUT2D eigenvalue weighted by molar-refractivity contribution is -0.317. The molecule has 280 valence electrons. The first-order chi connectivity index (χ1) is 23.4. The maximum atomic E-state index is 14.7. The summed E-state index contributed by atoms with van der Waals surface area (Å²) in [5, 5.41) is -0.600. The van der Waals surface area contributed by atoms with Gasteiger partial charge in [0.15, 0.2) is 28.2 Å². The van der Waals surface area contributed by atoms with Crippen LogP contribution >= 0.6 is 22.7 Å². The van der Waals surface area contributed by atoms with Crippen molar-refractivity contribution in [3.05, 3.63) is 48.5 Å². The molecule has 51 heavy (non-hydrogen) atoms. The predicted octanol–water partition coefficient (Wildman–Crippen LogP) is 9.43. The molecule has 2 aromatic carbocycles. The zero-order chi connectivity index (χ0) is 37.5. The minimum atomic E-state index is -4.09.